The van der Waals surface area contributed by atoms with Crippen LogP contribution in [0.25, 0.3) is 0 Å². The van der Waals surface area contributed by atoms with Crippen molar-refractivity contribution in [3.05, 3.63) is 12.7 Å². The molecule has 74 valence electrons. The fourth-order valence-corrected chi connectivity index (χ4v) is 0.307. The van der Waals surface area contributed by atoms with Crippen molar-refractivity contribution in [3.63, 3.8) is 0 Å². The first-order valence-corrected chi connectivity index (χ1v) is 2.85. The summed E-state index contributed by atoms with van der Waals surface area (Å²) in [5.41, 5.74) is 0. The molecule has 0 saturated heterocycles. The monoisotopic (exact) mass is 202 g/mol. The first-order valence-electron chi connectivity index (χ1n) is 2.85. The average Bonchev–Trinajstić information content (AvgIpc) is 1.84. The minimum absolute atomic E-state index is 0. The van der Waals surface area contributed by atoms with Gasteiger partial charge in [-0.15, -0.1) is 6.58 Å². The standard InChI is InChI=1S/C5H6O4.BF2O.Li/c1-2-3(4(6)7)5(8)9;2-1(3)4;/h2-3H,1H2,(H,6,7)(H,8,9);;/q;-1;+1. The maximum atomic E-state index is 9.92. The fraction of sp³-hybridized carbons (Fsp3) is 0.200. The summed E-state index contributed by atoms with van der Waals surface area (Å²) in [5.74, 6) is -4.26. The third-order valence-corrected chi connectivity index (χ3v) is 0.768. The molecule has 0 aliphatic carbocycles. The van der Waals surface area contributed by atoms with Crippen LogP contribution in [0.5, 0.6) is 0 Å². The second kappa shape index (κ2) is 10.2. The van der Waals surface area contributed by atoms with E-state index in [4.69, 9.17) is 15.2 Å². The number of aliphatic carboxylic acids is 2. The molecular weight excluding hydrogens is 196 g/mol. The largest absolute Gasteiger partial charge is 1.00 e. The van der Waals surface area contributed by atoms with E-state index in [2.05, 4.69) is 6.58 Å². The Bertz CT molecular complexity index is 184. The normalized spacial score (nSPS) is 7.71. The Morgan fingerprint density at radius 2 is 1.57 bits per heavy atom. The van der Waals surface area contributed by atoms with E-state index in [0.717, 1.165) is 6.08 Å². The molecule has 0 aromatic heterocycles. The maximum Gasteiger partial charge on any atom is 1.00 e. The van der Waals surface area contributed by atoms with Gasteiger partial charge in [-0.1, -0.05) is 6.08 Å². The van der Waals surface area contributed by atoms with Crippen LogP contribution in [0.2, 0.25) is 0 Å². The van der Waals surface area contributed by atoms with E-state index in [1.54, 1.807) is 0 Å². The van der Waals surface area contributed by atoms with Crippen LogP contribution in [0.4, 0.5) is 8.63 Å². The molecule has 0 spiro atoms. The molecule has 9 heteroatoms. The Morgan fingerprint density at radius 1 is 1.36 bits per heavy atom. The van der Waals surface area contributed by atoms with Gasteiger partial charge in [-0.2, -0.15) is 0 Å². The quantitative estimate of drug-likeness (QED) is 0.278. The molecule has 0 saturated carbocycles. The zero-order valence-electron chi connectivity index (χ0n) is 7.31. The number of hydrogen-bond acceptors (Lipinski definition) is 3. The number of rotatable bonds is 3. The predicted octanol–water partition coefficient (Wildman–Crippen LogP) is -3.77. The zero-order chi connectivity index (χ0) is 11.0. The molecule has 0 aliphatic heterocycles. The molecule has 5 nitrogen and oxygen atoms in total. The predicted molar refractivity (Wildman–Crippen MR) is 36.9 cm³/mol. The smallest absolute Gasteiger partial charge is 0.824 e. The van der Waals surface area contributed by atoms with Gasteiger partial charge < -0.3 is 23.9 Å². The molecule has 0 amide bonds. The molecule has 0 rings (SSSR count). The third-order valence-electron chi connectivity index (χ3n) is 0.768. The number of carboxylic acid groups (broad SMARTS) is 2. The molecule has 0 atom stereocenters. The van der Waals surface area contributed by atoms with Gasteiger partial charge >= 0.3 is 38.3 Å². The average molecular weight is 202 g/mol. The Hall–Kier alpha value is -0.838. The number of hydrogen-bond donors (Lipinski definition) is 2. The maximum absolute atomic E-state index is 9.92. The van der Waals surface area contributed by atoms with E-state index in [1.807, 2.05) is 0 Å². The third kappa shape index (κ3) is 13.7. The van der Waals surface area contributed by atoms with Gasteiger partial charge in [-0.3, -0.25) is 9.59 Å². The van der Waals surface area contributed by atoms with E-state index in [1.165, 1.54) is 0 Å². The summed E-state index contributed by atoms with van der Waals surface area (Å²) in [6.45, 7) is 3.04. The molecule has 0 aromatic rings. The van der Waals surface area contributed by atoms with Crippen LogP contribution in [0, 0.1) is 5.92 Å². The number of carbonyl (C=O) groups is 2. The fourth-order valence-electron chi connectivity index (χ4n) is 0.307. The summed E-state index contributed by atoms with van der Waals surface area (Å²) in [4.78, 5) is 19.8. The van der Waals surface area contributed by atoms with Gasteiger partial charge in [0.2, 0.25) is 0 Å². The van der Waals surface area contributed by atoms with Crippen molar-refractivity contribution in [3.8, 4) is 0 Å². The number of halogens is 2. The Balaban J connectivity index is -0.000000209. The van der Waals surface area contributed by atoms with E-state index in [-0.39, 0.29) is 18.9 Å². The summed E-state index contributed by atoms with van der Waals surface area (Å²) in [6.07, 6.45) is 0.866. The van der Waals surface area contributed by atoms with Gasteiger partial charge in [0, 0.05) is 0 Å². The minimum atomic E-state index is -3.42. The van der Waals surface area contributed by atoms with Crippen LogP contribution >= 0.6 is 0 Å². The molecule has 14 heavy (non-hydrogen) atoms. The van der Waals surface area contributed by atoms with Crippen molar-refractivity contribution in [1.82, 2.24) is 0 Å². The van der Waals surface area contributed by atoms with Crippen LogP contribution in [0.15, 0.2) is 12.7 Å². The van der Waals surface area contributed by atoms with Crippen LogP contribution in [0.3, 0.4) is 0 Å². The Morgan fingerprint density at radius 3 is 1.57 bits per heavy atom. The summed E-state index contributed by atoms with van der Waals surface area (Å²) in [5, 5.41) is 24.4. The van der Waals surface area contributed by atoms with Gasteiger partial charge in [0.25, 0.3) is 0 Å². The Labute approximate surface area is 90.8 Å². The van der Waals surface area contributed by atoms with E-state index in [9.17, 15) is 18.2 Å². The molecule has 0 aromatic carbocycles. The molecule has 2 N–H and O–H groups in total. The van der Waals surface area contributed by atoms with Crippen molar-refractivity contribution in [2.75, 3.05) is 0 Å². The van der Waals surface area contributed by atoms with Gasteiger partial charge in [0.1, 0.15) is 0 Å². The SMILES string of the molecule is C=CC(C(=O)O)C(=O)O.[Li+].[O-]B(F)F. The second-order valence-electron chi connectivity index (χ2n) is 1.65. The summed E-state index contributed by atoms with van der Waals surface area (Å²) in [6, 6.07) is 0. The van der Waals surface area contributed by atoms with Crippen LogP contribution in [-0.2, 0) is 9.59 Å². The second-order valence-corrected chi connectivity index (χ2v) is 1.65. The first kappa shape index (κ1) is 18.9. The van der Waals surface area contributed by atoms with Gasteiger partial charge in [0.05, 0.1) is 0 Å². The molecular formula is C5H6BF2LiO5. The van der Waals surface area contributed by atoms with Gasteiger partial charge in [-0.25, -0.2) is 0 Å². The first-order chi connectivity index (χ1) is 5.82. The van der Waals surface area contributed by atoms with E-state index in [0.29, 0.717) is 0 Å². The van der Waals surface area contributed by atoms with Crippen molar-refractivity contribution >= 4 is 19.4 Å². The van der Waals surface area contributed by atoms with Crippen molar-refractivity contribution in [1.29, 1.82) is 0 Å². The van der Waals surface area contributed by atoms with Crippen molar-refractivity contribution < 1.29 is 52.3 Å². The minimum Gasteiger partial charge on any atom is -0.824 e. The number of carboxylic acids is 2. The topological polar surface area (TPSA) is 97.7 Å². The molecule has 0 bridgehead atoms. The van der Waals surface area contributed by atoms with Crippen molar-refractivity contribution in [2.24, 2.45) is 5.92 Å². The molecule has 0 unspecified atom stereocenters. The zero-order valence-corrected chi connectivity index (χ0v) is 7.31. The molecule has 0 heterocycles. The van der Waals surface area contributed by atoms with Crippen LogP contribution in [0.1, 0.15) is 0 Å². The molecule has 0 aliphatic rings. The van der Waals surface area contributed by atoms with Crippen LogP contribution < -0.4 is 23.9 Å². The van der Waals surface area contributed by atoms with Crippen LogP contribution in [-0.4, -0.2) is 29.6 Å². The van der Waals surface area contributed by atoms with E-state index >= 15 is 0 Å². The summed E-state index contributed by atoms with van der Waals surface area (Å²) >= 11 is 0. The Kier molecular flexibility index (Phi) is 13.8. The summed E-state index contributed by atoms with van der Waals surface area (Å²) in [7, 11) is -3.42. The van der Waals surface area contributed by atoms with Crippen molar-refractivity contribution in [2.45, 2.75) is 0 Å². The molecule has 0 radical (unpaired) electrons. The van der Waals surface area contributed by atoms with Gasteiger partial charge in [-0.05, 0) is 0 Å². The van der Waals surface area contributed by atoms with Gasteiger partial charge in [0.15, 0.2) is 5.92 Å². The molecule has 0 fully saturated rings. The van der Waals surface area contributed by atoms with E-state index < -0.39 is 25.3 Å². The summed E-state index contributed by atoms with van der Waals surface area (Å²) < 4.78 is 19.6.